The third-order valence-corrected chi connectivity index (χ3v) is 6.44. The number of carbonyl (C=O) groups is 1. The predicted octanol–water partition coefficient (Wildman–Crippen LogP) is 4.27. The lowest BCUT2D eigenvalue weighted by molar-refractivity contribution is 0.0629. The number of methoxy groups -OCH3 is 2. The molecule has 1 aliphatic rings. The molecule has 0 bridgehead atoms. The zero-order chi connectivity index (χ0) is 24.2. The van der Waals surface area contributed by atoms with E-state index in [1.165, 1.54) is 0 Å². The molecule has 0 radical (unpaired) electrons. The van der Waals surface area contributed by atoms with Crippen LogP contribution in [0.25, 0.3) is 22.2 Å². The quantitative estimate of drug-likeness (QED) is 0.421. The first-order valence-corrected chi connectivity index (χ1v) is 11.7. The number of carbonyl (C=O) groups excluding carboxylic acids is 1. The van der Waals surface area contributed by atoms with E-state index < -0.39 is 0 Å². The van der Waals surface area contributed by atoms with Crippen LogP contribution >= 0.6 is 0 Å². The van der Waals surface area contributed by atoms with E-state index in [4.69, 9.17) is 14.5 Å². The number of aromatic nitrogens is 2. The third kappa shape index (κ3) is 4.81. The number of nitrogens with zero attached hydrogens (tertiary/aromatic N) is 4. The first kappa shape index (κ1) is 22.8. The van der Waals surface area contributed by atoms with Gasteiger partial charge < -0.3 is 14.4 Å². The van der Waals surface area contributed by atoms with Crippen LogP contribution in [0.2, 0.25) is 0 Å². The van der Waals surface area contributed by atoms with Crippen molar-refractivity contribution in [2.75, 3.05) is 40.4 Å². The number of piperazine rings is 1. The highest BCUT2D eigenvalue weighted by Crippen LogP contribution is 2.28. The summed E-state index contributed by atoms with van der Waals surface area (Å²) in [7, 11) is 3.35. The Morgan fingerprint density at radius 1 is 0.943 bits per heavy atom. The summed E-state index contributed by atoms with van der Waals surface area (Å²) in [5.74, 6) is 1.69. The second kappa shape index (κ2) is 10.1. The number of amides is 1. The molecule has 2 aromatic carbocycles. The maximum atomic E-state index is 13.7. The lowest BCUT2D eigenvalue weighted by Gasteiger charge is -2.35. The number of rotatable bonds is 6. The van der Waals surface area contributed by atoms with E-state index in [1.54, 1.807) is 26.6 Å². The Balaban J connectivity index is 1.35. The molecule has 4 aromatic rings. The highest BCUT2D eigenvalue weighted by atomic mass is 16.5. The van der Waals surface area contributed by atoms with Gasteiger partial charge in [0.05, 0.1) is 31.0 Å². The number of pyridine rings is 2. The molecule has 7 nitrogen and oxygen atoms in total. The van der Waals surface area contributed by atoms with Crippen molar-refractivity contribution in [3.8, 4) is 22.8 Å². The summed E-state index contributed by atoms with van der Waals surface area (Å²) in [6.45, 7) is 3.62. The van der Waals surface area contributed by atoms with Gasteiger partial charge in [-0.25, -0.2) is 4.98 Å². The minimum atomic E-state index is 0.0346. The second-order valence-corrected chi connectivity index (χ2v) is 8.56. The molecular formula is C28H28N4O3. The van der Waals surface area contributed by atoms with Crippen LogP contribution in [0.5, 0.6) is 11.5 Å². The first-order chi connectivity index (χ1) is 17.2. The monoisotopic (exact) mass is 468 g/mol. The normalized spacial score (nSPS) is 14.2. The zero-order valence-electron chi connectivity index (χ0n) is 20.0. The Hall–Kier alpha value is -3.97. The van der Waals surface area contributed by atoms with Crippen molar-refractivity contribution in [2.24, 2.45) is 0 Å². The number of hydrogen-bond donors (Lipinski definition) is 0. The van der Waals surface area contributed by atoms with Gasteiger partial charge in [-0.1, -0.05) is 18.2 Å². The molecule has 1 amide bonds. The van der Waals surface area contributed by atoms with E-state index in [0.717, 1.165) is 58.9 Å². The van der Waals surface area contributed by atoms with Crippen molar-refractivity contribution in [2.45, 2.75) is 6.54 Å². The Kier molecular flexibility index (Phi) is 6.59. The van der Waals surface area contributed by atoms with Gasteiger partial charge in [0.15, 0.2) is 0 Å². The average Bonchev–Trinajstić information content (AvgIpc) is 2.93. The maximum Gasteiger partial charge on any atom is 0.254 e. The first-order valence-electron chi connectivity index (χ1n) is 11.7. The van der Waals surface area contributed by atoms with Crippen molar-refractivity contribution in [3.63, 3.8) is 0 Å². The van der Waals surface area contributed by atoms with E-state index >= 15 is 0 Å². The molecule has 3 heterocycles. The smallest absolute Gasteiger partial charge is 0.254 e. The molecule has 0 unspecified atom stereocenters. The predicted molar refractivity (Wildman–Crippen MR) is 136 cm³/mol. The van der Waals surface area contributed by atoms with Crippen LogP contribution in [0.3, 0.4) is 0 Å². The molecule has 0 N–H and O–H groups in total. The molecule has 2 aromatic heterocycles. The summed E-state index contributed by atoms with van der Waals surface area (Å²) in [5, 5.41) is 0.869. The van der Waals surface area contributed by atoms with Gasteiger partial charge in [0, 0.05) is 61.6 Å². The van der Waals surface area contributed by atoms with Crippen molar-refractivity contribution < 1.29 is 14.3 Å². The van der Waals surface area contributed by atoms with Gasteiger partial charge in [-0.05, 0) is 42.5 Å². The fourth-order valence-electron chi connectivity index (χ4n) is 4.54. The van der Waals surface area contributed by atoms with Gasteiger partial charge in [0.25, 0.3) is 5.91 Å². The lowest BCUT2D eigenvalue weighted by Crippen LogP contribution is -2.48. The summed E-state index contributed by atoms with van der Waals surface area (Å²) in [4.78, 5) is 26.9. The number of para-hydroxylation sites is 1. The average molecular weight is 469 g/mol. The van der Waals surface area contributed by atoms with Gasteiger partial charge in [-0.3, -0.25) is 14.7 Å². The van der Waals surface area contributed by atoms with Crippen LogP contribution in [0.15, 0.2) is 73.1 Å². The highest BCUT2D eigenvalue weighted by molar-refractivity contribution is 6.07. The standard InChI is InChI=1S/C28H28N4O3/c1-34-22-9-10-27(35-2)21(16-22)19-31-12-14-32(15-13-31)28(33)24-17-26(20-6-5-11-29-18-20)30-25-8-4-3-7-23(24)25/h3-11,16-18H,12-15,19H2,1-2H3. The van der Waals surface area contributed by atoms with E-state index in [0.29, 0.717) is 18.7 Å². The number of fused-ring (bicyclic) bond motifs is 1. The lowest BCUT2D eigenvalue weighted by atomic mass is 10.0. The zero-order valence-corrected chi connectivity index (χ0v) is 20.0. The second-order valence-electron chi connectivity index (χ2n) is 8.56. The Bertz CT molecular complexity index is 1330. The van der Waals surface area contributed by atoms with E-state index in [2.05, 4.69) is 9.88 Å². The Morgan fingerprint density at radius 3 is 2.51 bits per heavy atom. The topological polar surface area (TPSA) is 67.8 Å². The van der Waals surface area contributed by atoms with Crippen LogP contribution in [0.1, 0.15) is 15.9 Å². The maximum absolute atomic E-state index is 13.7. The molecule has 7 heteroatoms. The van der Waals surface area contributed by atoms with E-state index in [9.17, 15) is 4.79 Å². The van der Waals surface area contributed by atoms with E-state index in [-0.39, 0.29) is 5.91 Å². The Labute approximate surface area is 204 Å². The molecule has 1 aliphatic heterocycles. The van der Waals surface area contributed by atoms with Crippen molar-refractivity contribution >= 4 is 16.8 Å². The molecule has 0 aliphatic carbocycles. The number of benzene rings is 2. The molecule has 5 rings (SSSR count). The van der Waals surface area contributed by atoms with E-state index in [1.807, 2.05) is 65.6 Å². The van der Waals surface area contributed by atoms with Crippen molar-refractivity contribution in [3.05, 3.63) is 84.2 Å². The fraction of sp³-hybridized carbons (Fsp3) is 0.250. The van der Waals surface area contributed by atoms with Crippen LogP contribution in [-0.2, 0) is 6.54 Å². The number of hydrogen-bond acceptors (Lipinski definition) is 6. The molecule has 0 spiro atoms. The van der Waals surface area contributed by atoms with Crippen LogP contribution in [0, 0.1) is 0 Å². The van der Waals surface area contributed by atoms with Crippen molar-refractivity contribution in [1.29, 1.82) is 0 Å². The Morgan fingerprint density at radius 2 is 1.77 bits per heavy atom. The molecule has 0 saturated carbocycles. The van der Waals surface area contributed by atoms with Crippen molar-refractivity contribution in [1.82, 2.24) is 19.8 Å². The van der Waals surface area contributed by atoms with Gasteiger partial charge >= 0.3 is 0 Å². The van der Waals surface area contributed by atoms with Gasteiger partial charge in [-0.15, -0.1) is 0 Å². The molecule has 0 atom stereocenters. The SMILES string of the molecule is COc1ccc(OC)c(CN2CCN(C(=O)c3cc(-c4cccnc4)nc4ccccc34)CC2)c1. The molecule has 178 valence electrons. The molecule has 1 fully saturated rings. The van der Waals surface area contributed by atoms with Crippen LogP contribution in [-0.4, -0.2) is 66.1 Å². The minimum Gasteiger partial charge on any atom is -0.497 e. The molecule has 35 heavy (non-hydrogen) atoms. The fourth-order valence-corrected chi connectivity index (χ4v) is 4.54. The van der Waals surface area contributed by atoms with Crippen LogP contribution in [0.4, 0.5) is 0 Å². The largest absolute Gasteiger partial charge is 0.497 e. The highest BCUT2D eigenvalue weighted by Gasteiger charge is 2.25. The van der Waals surface area contributed by atoms with Gasteiger partial charge in [-0.2, -0.15) is 0 Å². The molecular weight excluding hydrogens is 440 g/mol. The summed E-state index contributed by atoms with van der Waals surface area (Å²) in [6, 6.07) is 19.4. The van der Waals surface area contributed by atoms with Gasteiger partial charge in [0.2, 0.25) is 0 Å². The summed E-state index contributed by atoms with van der Waals surface area (Å²) < 4.78 is 10.9. The summed E-state index contributed by atoms with van der Waals surface area (Å²) in [6.07, 6.45) is 3.51. The summed E-state index contributed by atoms with van der Waals surface area (Å²) >= 11 is 0. The summed E-state index contributed by atoms with van der Waals surface area (Å²) in [5.41, 5.74) is 4.21. The van der Waals surface area contributed by atoms with Gasteiger partial charge in [0.1, 0.15) is 11.5 Å². The number of ether oxygens (including phenoxy) is 2. The molecule has 1 saturated heterocycles. The minimum absolute atomic E-state index is 0.0346. The van der Waals surface area contributed by atoms with Crippen LogP contribution < -0.4 is 9.47 Å². The third-order valence-electron chi connectivity index (χ3n) is 6.44.